The molecule has 0 radical (unpaired) electrons. The normalized spacial score (nSPS) is 13.5. The van der Waals surface area contributed by atoms with Crippen molar-refractivity contribution in [3.63, 3.8) is 0 Å². The van der Waals surface area contributed by atoms with E-state index < -0.39 is 0 Å². The SMILES string of the molecule is CC[C@@H](N)c1nccn1C. The van der Waals surface area contributed by atoms with E-state index in [0.717, 1.165) is 12.2 Å². The monoisotopic (exact) mass is 139 g/mol. The van der Waals surface area contributed by atoms with Crippen LogP contribution in [0.25, 0.3) is 0 Å². The molecular formula is C7H13N3. The first kappa shape index (κ1) is 7.28. The van der Waals surface area contributed by atoms with Gasteiger partial charge in [-0.05, 0) is 6.42 Å². The van der Waals surface area contributed by atoms with Crippen molar-refractivity contribution in [2.45, 2.75) is 19.4 Å². The first-order chi connectivity index (χ1) is 4.75. The second-order valence-electron chi connectivity index (χ2n) is 2.41. The number of nitrogens with zero attached hydrogens (tertiary/aromatic N) is 2. The summed E-state index contributed by atoms with van der Waals surface area (Å²) in [4.78, 5) is 4.12. The lowest BCUT2D eigenvalue weighted by Crippen LogP contribution is -2.13. The highest BCUT2D eigenvalue weighted by molar-refractivity contribution is 4.96. The van der Waals surface area contributed by atoms with Crippen LogP contribution < -0.4 is 5.73 Å². The minimum absolute atomic E-state index is 0.0833. The number of nitrogens with two attached hydrogens (primary N) is 1. The van der Waals surface area contributed by atoms with Crippen LogP contribution >= 0.6 is 0 Å². The van der Waals surface area contributed by atoms with Gasteiger partial charge in [0.2, 0.25) is 0 Å². The summed E-state index contributed by atoms with van der Waals surface area (Å²) in [6.07, 6.45) is 4.61. The highest BCUT2D eigenvalue weighted by atomic mass is 15.1. The van der Waals surface area contributed by atoms with Crippen molar-refractivity contribution in [1.82, 2.24) is 9.55 Å². The van der Waals surface area contributed by atoms with Crippen molar-refractivity contribution in [2.24, 2.45) is 12.8 Å². The Morgan fingerprint density at radius 2 is 2.50 bits per heavy atom. The van der Waals surface area contributed by atoms with Gasteiger partial charge in [-0.25, -0.2) is 4.98 Å². The van der Waals surface area contributed by atoms with Gasteiger partial charge in [-0.2, -0.15) is 0 Å². The van der Waals surface area contributed by atoms with Gasteiger partial charge in [0.1, 0.15) is 5.82 Å². The van der Waals surface area contributed by atoms with Crippen LogP contribution in [0.2, 0.25) is 0 Å². The molecule has 1 aromatic rings. The molecule has 0 saturated heterocycles. The second kappa shape index (κ2) is 2.84. The molecule has 0 aromatic carbocycles. The molecule has 0 amide bonds. The van der Waals surface area contributed by atoms with Gasteiger partial charge in [0, 0.05) is 19.4 Å². The fourth-order valence-corrected chi connectivity index (χ4v) is 0.917. The molecule has 10 heavy (non-hydrogen) atoms. The summed E-state index contributed by atoms with van der Waals surface area (Å²) >= 11 is 0. The van der Waals surface area contributed by atoms with E-state index in [9.17, 15) is 0 Å². The molecule has 56 valence electrons. The average Bonchev–Trinajstić information content (AvgIpc) is 2.34. The first-order valence-electron chi connectivity index (χ1n) is 3.48. The molecule has 0 aliphatic rings. The van der Waals surface area contributed by atoms with Gasteiger partial charge in [-0.15, -0.1) is 0 Å². The number of hydrogen-bond acceptors (Lipinski definition) is 2. The summed E-state index contributed by atoms with van der Waals surface area (Å²) in [5, 5.41) is 0. The van der Waals surface area contributed by atoms with E-state index in [1.54, 1.807) is 6.20 Å². The Labute approximate surface area is 60.9 Å². The molecule has 1 rings (SSSR count). The summed E-state index contributed by atoms with van der Waals surface area (Å²) in [5.41, 5.74) is 5.76. The molecule has 0 bridgehead atoms. The molecule has 0 fully saturated rings. The van der Waals surface area contributed by atoms with E-state index in [4.69, 9.17) is 5.73 Å². The van der Waals surface area contributed by atoms with Gasteiger partial charge in [0.15, 0.2) is 0 Å². The van der Waals surface area contributed by atoms with Crippen LogP contribution in [0.3, 0.4) is 0 Å². The minimum Gasteiger partial charge on any atom is -0.337 e. The maximum atomic E-state index is 5.76. The topological polar surface area (TPSA) is 43.8 Å². The number of rotatable bonds is 2. The molecule has 3 nitrogen and oxygen atoms in total. The van der Waals surface area contributed by atoms with E-state index in [1.165, 1.54) is 0 Å². The molecule has 2 N–H and O–H groups in total. The predicted molar refractivity (Wildman–Crippen MR) is 40.4 cm³/mol. The Kier molecular flexibility index (Phi) is 2.06. The van der Waals surface area contributed by atoms with Gasteiger partial charge in [-0.1, -0.05) is 6.92 Å². The molecule has 0 saturated carbocycles. The van der Waals surface area contributed by atoms with Crippen LogP contribution in [0.5, 0.6) is 0 Å². The van der Waals surface area contributed by atoms with Crippen molar-refractivity contribution < 1.29 is 0 Å². The van der Waals surface area contributed by atoms with Crippen molar-refractivity contribution in [3.8, 4) is 0 Å². The maximum Gasteiger partial charge on any atom is 0.125 e. The van der Waals surface area contributed by atoms with Crippen molar-refractivity contribution >= 4 is 0 Å². The molecule has 0 aliphatic heterocycles. The van der Waals surface area contributed by atoms with Crippen molar-refractivity contribution in [2.75, 3.05) is 0 Å². The standard InChI is InChI=1S/C7H13N3/c1-3-6(8)7-9-4-5-10(7)2/h4-6H,3,8H2,1-2H3/t6-/m1/s1. The van der Waals surface area contributed by atoms with E-state index >= 15 is 0 Å². The lowest BCUT2D eigenvalue weighted by molar-refractivity contribution is 0.617. The van der Waals surface area contributed by atoms with Gasteiger partial charge >= 0.3 is 0 Å². The number of aryl methyl sites for hydroxylation is 1. The maximum absolute atomic E-state index is 5.76. The Balaban J connectivity index is 2.82. The van der Waals surface area contributed by atoms with E-state index in [0.29, 0.717) is 0 Å². The van der Waals surface area contributed by atoms with Crippen molar-refractivity contribution in [3.05, 3.63) is 18.2 Å². The van der Waals surface area contributed by atoms with Gasteiger partial charge in [0.25, 0.3) is 0 Å². The number of imidazole rings is 1. The molecule has 0 aliphatic carbocycles. The fraction of sp³-hybridized carbons (Fsp3) is 0.571. The van der Waals surface area contributed by atoms with Gasteiger partial charge < -0.3 is 10.3 Å². The molecule has 1 atom stereocenters. The molecular weight excluding hydrogens is 126 g/mol. The van der Waals surface area contributed by atoms with Crippen LogP contribution in [-0.2, 0) is 7.05 Å². The highest BCUT2D eigenvalue weighted by Gasteiger charge is 2.06. The minimum atomic E-state index is 0.0833. The largest absolute Gasteiger partial charge is 0.337 e. The zero-order valence-electron chi connectivity index (χ0n) is 6.41. The molecule has 1 heterocycles. The van der Waals surface area contributed by atoms with Crippen LogP contribution in [0.1, 0.15) is 25.2 Å². The molecule has 0 spiro atoms. The third kappa shape index (κ3) is 1.19. The highest BCUT2D eigenvalue weighted by Crippen LogP contribution is 2.08. The molecule has 1 aromatic heterocycles. The van der Waals surface area contributed by atoms with Crippen LogP contribution in [-0.4, -0.2) is 9.55 Å². The van der Waals surface area contributed by atoms with Crippen molar-refractivity contribution in [1.29, 1.82) is 0 Å². The van der Waals surface area contributed by atoms with Gasteiger partial charge in [0.05, 0.1) is 6.04 Å². The summed E-state index contributed by atoms with van der Waals surface area (Å²) in [7, 11) is 1.96. The van der Waals surface area contributed by atoms with Gasteiger partial charge in [-0.3, -0.25) is 0 Å². The Morgan fingerprint density at radius 1 is 1.80 bits per heavy atom. The Morgan fingerprint density at radius 3 is 2.90 bits per heavy atom. The lowest BCUT2D eigenvalue weighted by atomic mass is 10.2. The van der Waals surface area contributed by atoms with Crippen LogP contribution in [0, 0.1) is 0 Å². The fourth-order valence-electron chi connectivity index (χ4n) is 0.917. The van der Waals surface area contributed by atoms with E-state index in [-0.39, 0.29) is 6.04 Å². The van der Waals surface area contributed by atoms with Crippen LogP contribution in [0.4, 0.5) is 0 Å². The molecule has 0 unspecified atom stereocenters. The Hall–Kier alpha value is -0.830. The third-order valence-electron chi connectivity index (χ3n) is 1.63. The summed E-state index contributed by atoms with van der Waals surface area (Å²) < 4.78 is 1.95. The van der Waals surface area contributed by atoms with Crippen LogP contribution in [0.15, 0.2) is 12.4 Å². The van der Waals surface area contributed by atoms with E-state index in [2.05, 4.69) is 11.9 Å². The smallest absolute Gasteiger partial charge is 0.125 e. The second-order valence-corrected chi connectivity index (χ2v) is 2.41. The quantitative estimate of drug-likeness (QED) is 0.659. The first-order valence-corrected chi connectivity index (χ1v) is 3.48. The average molecular weight is 139 g/mol. The summed E-state index contributed by atoms with van der Waals surface area (Å²) in [6, 6.07) is 0.0833. The van der Waals surface area contributed by atoms with E-state index in [1.807, 2.05) is 17.8 Å². The summed E-state index contributed by atoms with van der Waals surface area (Å²) in [5.74, 6) is 0.961. The number of aromatic nitrogens is 2. The number of hydrogen-bond donors (Lipinski definition) is 1. The lowest BCUT2D eigenvalue weighted by Gasteiger charge is -2.07. The molecule has 3 heteroatoms. The predicted octanol–water partition coefficient (Wildman–Crippen LogP) is 0.830. The zero-order chi connectivity index (χ0) is 7.56. The zero-order valence-corrected chi connectivity index (χ0v) is 6.41. The summed E-state index contributed by atoms with van der Waals surface area (Å²) in [6.45, 7) is 2.05. The third-order valence-corrected chi connectivity index (χ3v) is 1.63. The Bertz CT molecular complexity index is 204.